The van der Waals surface area contributed by atoms with Gasteiger partial charge in [0.05, 0.1) is 44.7 Å². The van der Waals surface area contributed by atoms with E-state index in [4.69, 9.17) is 9.47 Å². The minimum absolute atomic E-state index is 0.189. The number of fused-ring (bicyclic) bond motifs is 1. The maximum absolute atomic E-state index is 13.2. The molecule has 26 heavy (non-hydrogen) atoms. The van der Waals surface area contributed by atoms with Crippen LogP contribution in [0, 0.1) is 10.1 Å². The van der Waals surface area contributed by atoms with Crippen molar-refractivity contribution >= 4 is 0 Å². The lowest BCUT2D eigenvalue weighted by Crippen LogP contribution is -2.55. The van der Waals surface area contributed by atoms with E-state index in [1.165, 1.54) is 9.82 Å². The predicted octanol–water partition coefficient (Wildman–Crippen LogP) is 0.766. The van der Waals surface area contributed by atoms with Gasteiger partial charge in [0.25, 0.3) is 5.70 Å². The Balaban J connectivity index is 1.60. The molecule has 0 aromatic rings. The number of nitroso groups, excluding NO2 is 1. The molecule has 1 saturated carbocycles. The first-order chi connectivity index (χ1) is 12.7. The summed E-state index contributed by atoms with van der Waals surface area (Å²) in [6.07, 6.45) is 3.73. The van der Waals surface area contributed by atoms with Crippen LogP contribution in [0.2, 0.25) is 0 Å². The standard InChI is InChI=1S/C18H30N4O4/c23-21-15-3-1-2-4-16(15)22(24)18(14-20-7-11-26-12-8-20)17(21)13-19-5-9-25-10-6-19/h15-16H,1-14H2/t15-,16+. The van der Waals surface area contributed by atoms with E-state index in [9.17, 15) is 10.1 Å². The summed E-state index contributed by atoms with van der Waals surface area (Å²) < 4.78 is 12.1. The molecule has 8 heteroatoms. The zero-order chi connectivity index (χ0) is 17.9. The van der Waals surface area contributed by atoms with Crippen LogP contribution in [-0.4, -0.2) is 97.4 Å². The average molecular weight is 366 g/mol. The van der Waals surface area contributed by atoms with Gasteiger partial charge in [-0.1, -0.05) is 6.42 Å². The number of nitrogens with zero attached hydrogens (tertiary/aromatic N) is 4. The van der Waals surface area contributed by atoms with E-state index in [1.54, 1.807) is 0 Å². The van der Waals surface area contributed by atoms with Crippen molar-refractivity contribution in [1.82, 2.24) is 14.9 Å². The van der Waals surface area contributed by atoms with Gasteiger partial charge in [0.2, 0.25) is 6.04 Å². The van der Waals surface area contributed by atoms with Gasteiger partial charge in [0, 0.05) is 48.8 Å². The van der Waals surface area contributed by atoms with E-state index in [0.717, 1.165) is 51.9 Å². The van der Waals surface area contributed by atoms with Gasteiger partial charge in [-0.05, 0) is 12.8 Å². The van der Waals surface area contributed by atoms with Crippen LogP contribution >= 0.6 is 0 Å². The van der Waals surface area contributed by atoms with Crippen LogP contribution in [0.5, 0.6) is 0 Å². The van der Waals surface area contributed by atoms with Crippen molar-refractivity contribution in [2.24, 2.45) is 0 Å². The van der Waals surface area contributed by atoms with E-state index in [0.29, 0.717) is 50.9 Å². The van der Waals surface area contributed by atoms with Crippen LogP contribution in [0.1, 0.15) is 25.7 Å². The largest absolute Gasteiger partial charge is 0.758 e. The van der Waals surface area contributed by atoms with Crippen molar-refractivity contribution in [2.75, 3.05) is 65.7 Å². The van der Waals surface area contributed by atoms with E-state index in [2.05, 4.69) is 9.80 Å². The second-order valence-electron chi connectivity index (χ2n) is 7.74. The molecule has 0 aromatic heterocycles. The normalized spacial score (nSPS) is 32.0. The second-order valence-corrected chi connectivity index (χ2v) is 7.74. The third kappa shape index (κ3) is 3.80. The Hall–Kier alpha value is -1.06. The fourth-order valence-corrected chi connectivity index (χ4v) is 4.56. The number of hydrogen-bond donors (Lipinski definition) is 0. The molecule has 4 aliphatic rings. The Morgan fingerprint density at radius 2 is 1.50 bits per heavy atom. The summed E-state index contributed by atoms with van der Waals surface area (Å²) in [6.45, 7) is 7.13. The van der Waals surface area contributed by atoms with Crippen molar-refractivity contribution < 1.29 is 14.2 Å². The van der Waals surface area contributed by atoms with Crippen LogP contribution in [0.3, 0.4) is 0 Å². The number of ether oxygens (including phenoxy) is 2. The first kappa shape index (κ1) is 18.3. The lowest BCUT2D eigenvalue weighted by atomic mass is 9.87. The average Bonchev–Trinajstić information content (AvgIpc) is 2.70. The zero-order valence-corrected chi connectivity index (χ0v) is 15.5. The van der Waals surface area contributed by atoms with Crippen molar-refractivity contribution in [3.63, 3.8) is 0 Å². The predicted molar refractivity (Wildman–Crippen MR) is 96.4 cm³/mol. The highest BCUT2D eigenvalue weighted by molar-refractivity contribution is 5.17. The molecule has 0 aromatic carbocycles. The molecular formula is C18H30N4O4. The van der Waals surface area contributed by atoms with E-state index >= 15 is 0 Å². The lowest BCUT2D eigenvalue weighted by molar-refractivity contribution is -0.560. The van der Waals surface area contributed by atoms with Gasteiger partial charge < -0.3 is 19.7 Å². The summed E-state index contributed by atoms with van der Waals surface area (Å²) in [6, 6.07) is -0.378. The summed E-state index contributed by atoms with van der Waals surface area (Å²) in [4.78, 5) is 17.7. The molecule has 2 saturated heterocycles. The SMILES string of the molecule is O=[N+]1C(CN2CCOCC2)=C(CN2CCOCC2)N([O-])[C@H]2CCCC[C@H]21. The summed E-state index contributed by atoms with van der Waals surface area (Å²) >= 11 is 0. The smallest absolute Gasteiger partial charge is 0.266 e. The Kier molecular flexibility index (Phi) is 5.85. The second kappa shape index (κ2) is 8.31. The molecular weight excluding hydrogens is 336 g/mol. The molecule has 0 bridgehead atoms. The van der Waals surface area contributed by atoms with Crippen LogP contribution < -0.4 is 0 Å². The first-order valence-corrected chi connectivity index (χ1v) is 9.99. The van der Waals surface area contributed by atoms with Gasteiger partial charge >= 0.3 is 0 Å². The highest BCUT2D eigenvalue weighted by Gasteiger charge is 2.47. The maximum atomic E-state index is 13.2. The van der Waals surface area contributed by atoms with Crippen molar-refractivity contribution in [3.8, 4) is 0 Å². The van der Waals surface area contributed by atoms with Gasteiger partial charge in [0.1, 0.15) is 0 Å². The topological polar surface area (TPSA) is 71.3 Å². The Bertz CT molecular complexity index is 543. The molecule has 2 atom stereocenters. The van der Waals surface area contributed by atoms with E-state index in [-0.39, 0.29) is 12.1 Å². The molecule has 8 nitrogen and oxygen atoms in total. The molecule has 0 radical (unpaired) electrons. The zero-order valence-electron chi connectivity index (χ0n) is 15.5. The van der Waals surface area contributed by atoms with Gasteiger partial charge in [0.15, 0.2) is 0 Å². The molecule has 3 aliphatic heterocycles. The number of rotatable bonds is 4. The van der Waals surface area contributed by atoms with E-state index < -0.39 is 0 Å². The summed E-state index contributed by atoms with van der Waals surface area (Å²) in [5.74, 6) is 0. The maximum Gasteiger partial charge on any atom is 0.266 e. The number of hydrogen-bond acceptors (Lipinski definition) is 7. The summed E-state index contributed by atoms with van der Waals surface area (Å²) in [5.41, 5.74) is 1.35. The Morgan fingerprint density at radius 3 is 2.15 bits per heavy atom. The fourth-order valence-electron chi connectivity index (χ4n) is 4.56. The fraction of sp³-hybridized carbons (Fsp3) is 0.889. The molecule has 4 rings (SSSR count). The molecule has 3 fully saturated rings. The first-order valence-electron chi connectivity index (χ1n) is 9.99. The number of hydroxylamine groups is 2. The highest BCUT2D eigenvalue weighted by atomic mass is 16.5. The molecule has 0 unspecified atom stereocenters. The van der Waals surface area contributed by atoms with Gasteiger partial charge in [-0.3, -0.25) is 9.80 Å². The van der Waals surface area contributed by atoms with Gasteiger partial charge in [-0.25, -0.2) is 0 Å². The van der Waals surface area contributed by atoms with Crippen molar-refractivity contribution in [3.05, 3.63) is 21.5 Å². The van der Waals surface area contributed by atoms with Gasteiger partial charge in [-0.15, -0.1) is 0 Å². The summed E-state index contributed by atoms with van der Waals surface area (Å²) in [5, 5.41) is 14.4. The van der Waals surface area contributed by atoms with Crippen LogP contribution in [-0.2, 0) is 9.47 Å². The minimum atomic E-state index is -0.189. The quantitative estimate of drug-likeness (QED) is 0.681. The van der Waals surface area contributed by atoms with Crippen molar-refractivity contribution in [2.45, 2.75) is 37.8 Å². The van der Waals surface area contributed by atoms with Crippen LogP contribution in [0.25, 0.3) is 0 Å². The number of morpholine rings is 2. The third-order valence-electron chi connectivity index (χ3n) is 6.12. The Morgan fingerprint density at radius 1 is 0.923 bits per heavy atom. The van der Waals surface area contributed by atoms with Crippen LogP contribution in [0.15, 0.2) is 11.4 Å². The monoisotopic (exact) mass is 366 g/mol. The Labute approximate surface area is 154 Å². The molecule has 0 N–H and O–H groups in total. The lowest BCUT2D eigenvalue weighted by Gasteiger charge is -2.47. The third-order valence-corrected chi connectivity index (χ3v) is 6.12. The van der Waals surface area contributed by atoms with Crippen molar-refractivity contribution in [1.29, 1.82) is 0 Å². The van der Waals surface area contributed by atoms with Gasteiger partial charge in [-0.2, -0.15) is 0 Å². The highest BCUT2D eigenvalue weighted by Crippen LogP contribution is 2.34. The minimum Gasteiger partial charge on any atom is -0.758 e. The molecule has 3 heterocycles. The molecule has 0 amide bonds. The molecule has 0 spiro atoms. The van der Waals surface area contributed by atoms with E-state index in [1.807, 2.05) is 0 Å². The summed E-state index contributed by atoms with van der Waals surface area (Å²) in [7, 11) is 0. The van der Waals surface area contributed by atoms with Crippen LogP contribution in [0.4, 0.5) is 0 Å². The molecule has 1 aliphatic carbocycles. The molecule has 146 valence electrons.